The van der Waals surface area contributed by atoms with Gasteiger partial charge in [0.25, 0.3) is 0 Å². The number of hydrogen-bond donors (Lipinski definition) is 0. The van der Waals surface area contributed by atoms with Crippen LogP contribution in [-0.4, -0.2) is 18.6 Å². The van der Waals surface area contributed by atoms with E-state index < -0.39 is 0 Å². The van der Waals surface area contributed by atoms with E-state index >= 15 is 0 Å². The van der Waals surface area contributed by atoms with E-state index in [2.05, 4.69) is 12.7 Å². The van der Waals surface area contributed by atoms with Gasteiger partial charge in [0.2, 0.25) is 0 Å². The number of allylic oxidation sites excluding steroid dienone is 3. The predicted octanol–water partition coefficient (Wildman–Crippen LogP) is 3.95. The summed E-state index contributed by atoms with van der Waals surface area (Å²) in [5.74, 6) is 0.118. The molecular formula is C15H14ClFNOY-. The molecule has 2 rings (SSSR count). The van der Waals surface area contributed by atoms with E-state index in [0.717, 1.165) is 0 Å². The van der Waals surface area contributed by atoms with Gasteiger partial charge in [0.15, 0.2) is 0 Å². The van der Waals surface area contributed by atoms with Gasteiger partial charge in [-0.3, -0.25) is 0 Å². The summed E-state index contributed by atoms with van der Waals surface area (Å²) >= 11 is 6.01. The van der Waals surface area contributed by atoms with Crippen molar-refractivity contribution in [3.8, 4) is 5.75 Å². The van der Waals surface area contributed by atoms with E-state index in [-0.39, 0.29) is 38.5 Å². The molecule has 1 aromatic rings. The number of rotatable bonds is 3. The number of methoxy groups -OCH3 is 1. The first-order valence-electron chi connectivity index (χ1n) is 5.88. The number of ether oxygens (including phenoxy) is 1. The fourth-order valence-electron chi connectivity index (χ4n) is 1.94. The Hall–Kier alpha value is -0.636. The van der Waals surface area contributed by atoms with Crippen LogP contribution in [0.1, 0.15) is 12.5 Å². The zero-order valence-electron chi connectivity index (χ0n) is 11.4. The second-order valence-electron chi connectivity index (χ2n) is 4.02. The van der Waals surface area contributed by atoms with Crippen LogP contribution in [0.15, 0.2) is 41.6 Å². The van der Waals surface area contributed by atoms with Crippen molar-refractivity contribution >= 4 is 17.3 Å². The van der Waals surface area contributed by atoms with Gasteiger partial charge in [-0.25, -0.2) is 4.39 Å². The van der Waals surface area contributed by atoms with Gasteiger partial charge in [-0.15, -0.1) is 6.07 Å². The maximum atomic E-state index is 14.1. The first-order chi connectivity index (χ1) is 9.08. The molecule has 0 aromatic heterocycles. The molecule has 0 aliphatic carbocycles. The minimum Gasteiger partial charge on any atom is -0.497 e. The van der Waals surface area contributed by atoms with Crippen molar-refractivity contribution in [2.75, 3.05) is 13.7 Å². The second kappa shape index (κ2) is 7.39. The Morgan fingerprint density at radius 1 is 1.45 bits per heavy atom. The van der Waals surface area contributed by atoms with Crippen LogP contribution in [0.2, 0.25) is 0 Å². The average molecular weight is 368 g/mol. The number of likely N-dealkylation sites (N-methyl/N-ethyl adjacent to an activating group) is 1. The third-order valence-corrected chi connectivity index (χ3v) is 3.28. The monoisotopic (exact) mass is 367 g/mol. The summed E-state index contributed by atoms with van der Waals surface area (Å²) in [6.07, 6.45) is 4.61. The standard InChI is InChI=1S/C15H14ClFNO.Y/c1-4-18-10(2)13(16)7-8-15(18)12-6-5-11(19-3)9-14(12)17;/h5-7,9H,2,4H2,1,3H3;/q-1;. The molecule has 0 N–H and O–H groups in total. The SMILES string of the molecule is C=C1C(Cl)=C[C-]=C(c2ccc(OC)cc2F)N1CC.[Y]. The van der Waals surface area contributed by atoms with Crippen LogP contribution < -0.4 is 4.74 Å². The number of hydrogen-bond acceptors (Lipinski definition) is 2. The molecule has 0 spiro atoms. The van der Waals surface area contributed by atoms with E-state index in [1.54, 1.807) is 18.2 Å². The van der Waals surface area contributed by atoms with Gasteiger partial charge in [0.05, 0.1) is 12.9 Å². The van der Waals surface area contributed by atoms with Crippen molar-refractivity contribution in [1.29, 1.82) is 0 Å². The topological polar surface area (TPSA) is 12.5 Å². The minimum absolute atomic E-state index is 0. The van der Waals surface area contributed by atoms with E-state index in [4.69, 9.17) is 16.3 Å². The van der Waals surface area contributed by atoms with Crippen molar-refractivity contribution < 1.29 is 41.8 Å². The molecular weight excluding hydrogens is 354 g/mol. The molecule has 1 radical (unpaired) electrons. The van der Waals surface area contributed by atoms with Crippen LogP contribution >= 0.6 is 11.6 Å². The molecule has 0 amide bonds. The van der Waals surface area contributed by atoms with Crippen molar-refractivity contribution in [2.45, 2.75) is 6.92 Å². The molecule has 1 heterocycles. The first kappa shape index (κ1) is 17.4. The van der Waals surface area contributed by atoms with Gasteiger partial charge >= 0.3 is 0 Å². The summed E-state index contributed by atoms with van der Waals surface area (Å²) in [7, 11) is 1.50. The maximum absolute atomic E-state index is 14.1. The molecule has 0 atom stereocenters. The van der Waals surface area contributed by atoms with Crippen molar-refractivity contribution in [1.82, 2.24) is 4.90 Å². The summed E-state index contributed by atoms with van der Waals surface area (Å²) in [5.41, 5.74) is 1.72. The molecule has 1 aromatic carbocycles. The zero-order valence-corrected chi connectivity index (χ0v) is 15.0. The Morgan fingerprint density at radius 3 is 2.70 bits per heavy atom. The zero-order chi connectivity index (χ0) is 14.0. The van der Waals surface area contributed by atoms with E-state index in [1.807, 2.05) is 11.8 Å². The summed E-state index contributed by atoms with van der Waals surface area (Å²) in [6.45, 7) is 6.49. The number of benzene rings is 1. The van der Waals surface area contributed by atoms with Crippen LogP contribution in [0.4, 0.5) is 4.39 Å². The van der Waals surface area contributed by atoms with Gasteiger partial charge in [0, 0.05) is 45.3 Å². The molecule has 1 aliphatic rings. The largest absolute Gasteiger partial charge is 0.497 e. The smallest absolute Gasteiger partial charge is 0.119 e. The summed E-state index contributed by atoms with van der Waals surface area (Å²) in [5, 5.41) is 0.513. The van der Waals surface area contributed by atoms with Crippen LogP contribution in [0, 0.1) is 11.9 Å². The van der Waals surface area contributed by atoms with Crippen LogP contribution in [0.3, 0.4) is 0 Å². The Balaban J connectivity index is 0.00000200. The van der Waals surface area contributed by atoms with Crippen molar-refractivity contribution in [3.05, 3.63) is 59.0 Å². The normalized spacial score (nSPS) is 14.4. The van der Waals surface area contributed by atoms with Gasteiger partial charge in [0.1, 0.15) is 5.75 Å². The Morgan fingerprint density at radius 2 is 2.15 bits per heavy atom. The second-order valence-corrected chi connectivity index (χ2v) is 4.43. The number of nitrogens with zero attached hydrogens (tertiary/aromatic N) is 1. The van der Waals surface area contributed by atoms with Crippen LogP contribution in [0.5, 0.6) is 5.75 Å². The molecule has 2 nitrogen and oxygen atoms in total. The summed E-state index contributed by atoms with van der Waals surface area (Å²) < 4.78 is 19.1. The predicted molar refractivity (Wildman–Crippen MR) is 75.1 cm³/mol. The third-order valence-electron chi connectivity index (χ3n) is 2.95. The molecule has 0 unspecified atom stereocenters. The fourth-order valence-corrected chi connectivity index (χ4v) is 2.10. The maximum Gasteiger partial charge on any atom is 0.119 e. The first-order valence-corrected chi connectivity index (χ1v) is 6.26. The Kier molecular flexibility index (Phi) is 6.44. The van der Waals surface area contributed by atoms with E-state index in [9.17, 15) is 4.39 Å². The quantitative estimate of drug-likeness (QED) is 0.750. The third kappa shape index (κ3) is 3.33. The van der Waals surface area contributed by atoms with Crippen molar-refractivity contribution in [2.24, 2.45) is 0 Å². The fraction of sp³-hybridized carbons (Fsp3) is 0.200. The molecule has 0 saturated carbocycles. The molecule has 5 heteroatoms. The van der Waals surface area contributed by atoms with Crippen LogP contribution in [0.25, 0.3) is 5.70 Å². The Bertz CT molecular complexity index is 583. The van der Waals surface area contributed by atoms with Gasteiger partial charge in [-0.2, -0.15) is 23.8 Å². The molecule has 0 saturated heterocycles. The van der Waals surface area contributed by atoms with E-state index in [0.29, 0.717) is 34.3 Å². The molecule has 1 aliphatic heterocycles. The van der Waals surface area contributed by atoms with E-state index in [1.165, 1.54) is 13.2 Å². The molecule has 0 fully saturated rings. The van der Waals surface area contributed by atoms with Crippen molar-refractivity contribution in [3.63, 3.8) is 0 Å². The minimum atomic E-state index is -0.362. The summed E-state index contributed by atoms with van der Waals surface area (Å²) in [6, 6.07) is 4.73. The average Bonchev–Trinajstić information content (AvgIpc) is 2.42. The summed E-state index contributed by atoms with van der Waals surface area (Å²) in [4.78, 5) is 1.83. The Labute approximate surface area is 148 Å². The van der Waals surface area contributed by atoms with Gasteiger partial charge < -0.3 is 9.64 Å². The van der Waals surface area contributed by atoms with Gasteiger partial charge in [-0.05, 0) is 23.7 Å². The molecule has 20 heavy (non-hydrogen) atoms. The number of halogens is 2. The molecule has 103 valence electrons. The molecule has 0 bridgehead atoms. The van der Waals surface area contributed by atoms with Gasteiger partial charge in [-0.1, -0.05) is 17.8 Å². The van der Waals surface area contributed by atoms with Crippen LogP contribution in [-0.2, 0) is 32.7 Å².